The van der Waals surface area contributed by atoms with Gasteiger partial charge in [-0.3, -0.25) is 9.48 Å². The highest BCUT2D eigenvalue weighted by atomic mass is 19.1. The normalized spacial score (nSPS) is 10.6. The first-order valence-corrected chi connectivity index (χ1v) is 4.32. The highest BCUT2D eigenvalue weighted by Crippen LogP contribution is 2.14. The molecule has 1 heterocycles. The third-order valence-electron chi connectivity index (χ3n) is 2.10. The molecule has 0 amide bonds. The highest BCUT2D eigenvalue weighted by molar-refractivity contribution is 5.86. The van der Waals surface area contributed by atoms with Crippen LogP contribution in [-0.4, -0.2) is 22.7 Å². The number of aryl methyl sites for hydroxylation is 1. The molecule has 0 fully saturated rings. The number of carbonyl (C=O) groups is 1. The lowest BCUT2D eigenvalue weighted by Crippen LogP contribution is -2.00. The monoisotopic (exact) mass is 192 g/mol. The summed E-state index contributed by atoms with van der Waals surface area (Å²) in [5.41, 5.74) is 1.46. The minimum atomic E-state index is -0.438. The van der Waals surface area contributed by atoms with Gasteiger partial charge in [0.05, 0.1) is 18.3 Å². The molecule has 0 aliphatic rings. The second-order valence-corrected chi connectivity index (χ2v) is 2.99. The van der Waals surface area contributed by atoms with Gasteiger partial charge in [-0.25, -0.2) is 4.39 Å². The Morgan fingerprint density at radius 1 is 1.50 bits per heavy atom. The molecule has 0 N–H and O–H groups in total. The molecule has 0 aliphatic carbocycles. The molecule has 3 nitrogen and oxygen atoms in total. The third kappa shape index (κ3) is 1.39. The number of carbonyl (C=O) groups excluding carboxylic acids is 1. The zero-order valence-electron chi connectivity index (χ0n) is 7.48. The van der Waals surface area contributed by atoms with Crippen molar-refractivity contribution in [2.45, 2.75) is 6.54 Å². The number of fused-ring (bicyclic) bond motifs is 1. The highest BCUT2D eigenvalue weighted by Gasteiger charge is 2.02. The van der Waals surface area contributed by atoms with Crippen molar-refractivity contribution in [2.75, 3.05) is 6.67 Å². The summed E-state index contributed by atoms with van der Waals surface area (Å²) in [6, 6.07) is 5.22. The maximum Gasteiger partial charge on any atom is 0.150 e. The molecular weight excluding hydrogens is 183 g/mol. The number of aromatic nitrogens is 2. The Morgan fingerprint density at radius 3 is 3.07 bits per heavy atom. The lowest BCUT2D eigenvalue weighted by Gasteiger charge is -1.98. The molecule has 4 heteroatoms. The maximum absolute atomic E-state index is 12.1. The Hall–Kier alpha value is -1.71. The van der Waals surface area contributed by atoms with Gasteiger partial charge in [0.15, 0.2) is 0 Å². The fraction of sp³-hybridized carbons (Fsp3) is 0.200. The standard InChI is InChI=1S/C10H9FN2O/c11-3-4-13-10-2-1-8(7-14)5-9(10)6-12-13/h1-2,5-7H,3-4H2. The van der Waals surface area contributed by atoms with Crippen molar-refractivity contribution in [3.8, 4) is 0 Å². The van der Waals surface area contributed by atoms with Crippen LogP contribution in [-0.2, 0) is 6.54 Å². The summed E-state index contributed by atoms with van der Waals surface area (Å²) in [5, 5.41) is 4.89. The molecule has 0 spiro atoms. The van der Waals surface area contributed by atoms with Crippen molar-refractivity contribution >= 4 is 17.2 Å². The molecular formula is C10H9FN2O. The lowest BCUT2D eigenvalue weighted by molar-refractivity contribution is 0.112. The summed E-state index contributed by atoms with van der Waals surface area (Å²) in [5.74, 6) is 0. The summed E-state index contributed by atoms with van der Waals surface area (Å²) in [6.07, 6.45) is 2.42. The van der Waals surface area contributed by atoms with Gasteiger partial charge in [-0.05, 0) is 18.2 Å². The summed E-state index contributed by atoms with van der Waals surface area (Å²) >= 11 is 0. The average Bonchev–Trinajstić information content (AvgIpc) is 2.61. The van der Waals surface area contributed by atoms with E-state index in [1.165, 1.54) is 0 Å². The zero-order valence-corrected chi connectivity index (χ0v) is 7.48. The maximum atomic E-state index is 12.1. The topological polar surface area (TPSA) is 34.9 Å². The molecule has 1 aromatic heterocycles. The van der Waals surface area contributed by atoms with Gasteiger partial charge < -0.3 is 0 Å². The number of halogens is 1. The molecule has 14 heavy (non-hydrogen) atoms. The minimum absolute atomic E-state index is 0.254. The second kappa shape index (κ2) is 3.57. The number of nitrogens with zero attached hydrogens (tertiary/aromatic N) is 2. The van der Waals surface area contributed by atoms with E-state index in [9.17, 15) is 9.18 Å². The van der Waals surface area contributed by atoms with Crippen molar-refractivity contribution in [3.05, 3.63) is 30.0 Å². The van der Waals surface area contributed by atoms with Gasteiger partial charge in [0.2, 0.25) is 0 Å². The van der Waals surface area contributed by atoms with E-state index in [-0.39, 0.29) is 6.54 Å². The van der Waals surface area contributed by atoms with E-state index < -0.39 is 6.67 Å². The van der Waals surface area contributed by atoms with Crippen LogP contribution in [0.1, 0.15) is 10.4 Å². The number of alkyl halides is 1. The first kappa shape index (κ1) is 8.87. The van der Waals surface area contributed by atoms with Crippen molar-refractivity contribution in [1.82, 2.24) is 9.78 Å². The van der Waals surface area contributed by atoms with Crippen LogP contribution in [0, 0.1) is 0 Å². The molecule has 72 valence electrons. The fourth-order valence-electron chi connectivity index (χ4n) is 1.44. The van der Waals surface area contributed by atoms with Gasteiger partial charge >= 0.3 is 0 Å². The first-order valence-electron chi connectivity index (χ1n) is 4.32. The van der Waals surface area contributed by atoms with Crippen LogP contribution >= 0.6 is 0 Å². The van der Waals surface area contributed by atoms with Crippen LogP contribution in [0.15, 0.2) is 24.4 Å². The summed E-state index contributed by atoms with van der Waals surface area (Å²) in [6.45, 7) is -0.184. The van der Waals surface area contributed by atoms with Crippen molar-refractivity contribution in [2.24, 2.45) is 0 Å². The SMILES string of the molecule is O=Cc1ccc2c(cnn2CCF)c1. The van der Waals surface area contributed by atoms with Crippen LogP contribution in [0.3, 0.4) is 0 Å². The molecule has 0 aliphatic heterocycles. The number of aldehydes is 1. The van der Waals surface area contributed by atoms with E-state index in [4.69, 9.17) is 0 Å². The first-order chi connectivity index (χ1) is 6.85. The zero-order chi connectivity index (χ0) is 9.97. The van der Waals surface area contributed by atoms with Crippen LogP contribution in [0.25, 0.3) is 10.9 Å². The smallest absolute Gasteiger partial charge is 0.150 e. The summed E-state index contributed by atoms with van der Waals surface area (Å²) in [4.78, 5) is 10.5. The van der Waals surface area contributed by atoms with E-state index in [1.54, 1.807) is 29.1 Å². The van der Waals surface area contributed by atoms with E-state index in [0.717, 1.165) is 17.2 Å². The predicted octanol–water partition coefficient (Wildman–Crippen LogP) is 1.82. The molecule has 0 saturated heterocycles. The molecule has 0 saturated carbocycles. The molecule has 1 aromatic carbocycles. The molecule has 2 aromatic rings. The van der Waals surface area contributed by atoms with Gasteiger partial charge in [-0.15, -0.1) is 0 Å². The van der Waals surface area contributed by atoms with Crippen molar-refractivity contribution < 1.29 is 9.18 Å². The van der Waals surface area contributed by atoms with E-state index >= 15 is 0 Å². The number of hydrogen-bond donors (Lipinski definition) is 0. The largest absolute Gasteiger partial charge is 0.298 e. The molecule has 0 radical (unpaired) electrons. The van der Waals surface area contributed by atoms with Crippen LogP contribution in [0.4, 0.5) is 4.39 Å². The third-order valence-corrected chi connectivity index (χ3v) is 2.10. The predicted molar refractivity (Wildman–Crippen MR) is 51.1 cm³/mol. The lowest BCUT2D eigenvalue weighted by atomic mass is 10.2. The van der Waals surface area contributed by atoms with Crippen molar-refractivity contribution in [3.63, 3.8) is 0 Å². The second-order valence-electron chi connectivity index (χ2n) is 2.99. The van der Waals surface area contributed by atoms with Gasteiger partial charge in [-0.2, -0.15) is 5.10 Å². The fourth-order valence-corrected chi connectivity index (χ4v) is 1.44. The molecule has 0 unspecified atom stereocenters. The van der Waals surface area contributed by atoms with Gasteiger partial charge in [-0.1, -0.05) is 0 Å². The number of hydrogen-bond acceptors (Lipinski definition) is 2. The van der Waals surface area contributed by atoms with E-state index in [2.05, 4.69) is 5.10 Å². The minimum Gasteiger partial charge on any atom is -0.298 e. The van der Waals surface area contributed by atoms with Crippen LogP contribution in [0.2, 0.25) is 0 Å². The van der Waals surface area contributed by atoms with Crippen molar-refractivity contribution in [1.29, 1.82) is 0 Å². The van der Waals surface area contributed by atoms with Gasteiger partial charge in [0.25, 0.3) is 0 Å². The van der Waals surface area contributed by atoms with Crippen LogP contribution < -0.4 is 0 Å². The quantitative estimate of drug-likeness (QED) is 0.695. The summed E-state index contributed by atoms with van der Waals surface area (Å²) in [7, 11) is 0. The Bertz CT molecular complexity index is 464. The molecule has 2 rings (SSSR count). The van der Waals surface area contributed by atoms with Gasteiger partial charge in [0.1, 0.15) is 13.0 Å². The number of rotatable bonds is 3. The summed E-state index contributed by atoms with van der Waals surface area (Å²) < 4.78 is 13.7. The van der Waals surface area contributed by atoms with E-state index in [0.29, 0.717) is 5.56 Å². The Morgan fingerprint density at radius 2 is 2.36 bits per heavy atom. The Labute approximate surface area is 80.1 Å². The van der Waals surface area contributed by atoms with Gasteiger partial charge in [0, 0.05) is 10.9 Å². The Balaban J connectivity index is 2.53. The average molecular weight is 192 g/mol. The molecule has 0 bridgehead atoms. The Kier molecular flexibility index (Phi) is 2.26. The molecule has 0 atom stereocenters. The number of benzene rings is 1. The van der Waals surface area contributed by atoms with E-state index in [1.807, 2.05) is 0 Å². The van der Waals surface area contributed by atoms with Crippen LogP contribution in [0.5, 0.6) is 0 Å².